The molecule has 190 valence electrons. The van der Waals surface area contributed by atoms with Crippen molar-refractivity contribution in [1.82, 2.24) is 14.6 Å². The number of methoxy groups -OCH3 is 1. The van der Waals surface area contributed by atoms with Crippen LogP contribution in [0.15, 0.2) is 54.6 Å². The van der Waals surface area contributed by atoms with E-state index in [1.165, 1.54) is 4.90 Å². The second-order valence-electron chi connectivity index (χ2n) is 8.96. The lowest BCUT2D eigenvalue weighted by Crippen LogP contribution is -2.50. The Hall–Kier alpha value is -3.92. The standard InChI is InChI=1S/C26H31N5O4S/c1-5-26(2,3)29-24(33)21(17-11-13-18(35-4)14-12-17)31(15-16-9-7-6-8-10-16)25(34)22-19(27)20(23(28)32)30-36-22/h6-14,21H,5,15,27H2,1-4H3,(H2,28,32)(H,29,33)/t21-/m1/s1. The molecule has 10 heteroatoms. The van der Waals surface area contributed by atoms with Crippen molar-refractivity contribution in [2.75, 3.05) is 12.8 Å². The number of benzene rings is 2. The molecule has 1 aromatic heterocycles. The molecule has 0 unspecified atom stereocenters. The first-order chi connectivity index (χ1) is 17.1. The van der Waals surface area contributed by atoms with E-state index in [2.05, 4.69) is 9.69 Å². The first-order valence-electron chi connectivity index (χ1n) is 11.4. The summed E-state index contributed by atoms with van der Waals surface area (Å²) in [7, 11) is 1.55. The van der Waals surface area contributed by atoms with Gasteiger partial charge in [0.15, 0.2) is 5.69 Å². The number of anilines is 1. The van der Waals surface area contributed by atoms with Crippen molar-refractivity contribution < 1.29 is 19.1 Å². The molecule has 3 aromatic rings. The summed E-state index contributed by atoms with van der Waals surface area (Å²) < 4.78 is 9.25. The fourth-order valence-corrected chi connectivity index (χ4v) is 4.33. The van der Waals surface area contributed by atoms with Crippen LogP contribution in [-0.2, 0) is 11.3 Å². The summed E-state index contributed by atoms with van der Waals surface area (Å²) >= 11 is 0.781. The maximum Gasteiger partial charge on any atom is 0.270 e. The quantitative estimate of drug-likeness (QED) is 0.382. The summed E-state index contributed by atoms with van der Waals surface area (Å²) in [5, 5.41) is 3.06. The molecular weight excluding hydrogens is 478 g/mol. The van der Waals surface area contributed by atoms with Crippen LogP contribution in [0.1, 0.15) is 64.5 Å². The van der Waals surface area contributed by atoms with Crippen molar-refractivity contribution in [1.29, 1.82) is 0 Å². The van der Waals surface area contributed by atoms with Gasteiger partial charge in [0.05, 0.1) is 12.8 Å². The van der Waals surface area contributed by atoms with Gasteiger partial charge in [-0.1, -0.05) is 49.4 Å². The van der Waals surface area contributed by atoms with Gasteiger partial charge in [-0.2, -0.15) is 4.37 Å². The van der Waals surface area contributed by atoms with Crippen molar-refractivity contribution in [3.8, 4) is 5.75 Å². The minimum absolute atomic E-state index is 0.0424. The van der Waals surface area contributed by atoms with Gasteiger partial charge in [0, 0.05) is 12.1 Å². The maximum absolute atomic E-state index is 13.9. The number of aromatic nitrogens is 1. The predicted molar refractivity (Wildman–Crippen MR) is 140 cm³/mol. The summed E-state index contributed by atoms with van der Waals surface area (Å²) in [5.74, 6) is -1.10. The van der Waals surface area contributed by atoms with Gasteiger partial charge < -0.3 is 26.4 Å². The zero-order chi connectivity index (χ0) is 26.5. The predicted octanol–water partition coefficient (Wildman–Crippen LogP) is 3.52. The van der Waals surface area contributed by atoms with E-state index in [1.807, 2.05) is 51.1 Å². The molecular formula is C26H31N5O4S. The third-order valence-electron chi connectivity index (χ3n) is 5.95. The number of amides is 3. The topological polar surface area (TPSA) is 141 Å². The first kappa shape index (κ1) is 26.7. The molecule has 0 spiro atoms. The molecule has 0 saturated heterocycles. The molecule has 0 aliphatic carbocycles. The minimum Gasteiger partial charge on any atom is -0.497 e. The average Bonchev–Trinajstić information content (AvgIpc) is 3.25. The highest BCUT2D eigenvalue weighted by Gasteiger charge is 2.36. The lowest BCUT2D eigenvalue weighted by atomic mass is 9.98. The lowest BCUT2D eigenvalue weighted by molar-refractivity contribution is -0.127. The highest BCUT2D eigenvalue weighted by molar-refractivity contribution is 7.09. The van der Waals surface area contributed by atoms with Crippen molar-refractivity contribution in [2.45, 2.75) is 45.3 Å². The van der Waals surface area contributed by atoms with Crippen LogP contribution in [0.4, 0.5) is 5.69 Å². The zero-order valence-corrected chi connectivity index (χ0v) is 21.6. The van der Waals surface area contributed by atoms with Gasteiger partial charge in [-0.05, 0) is 55.1 Å². The molecule has 1 heterocycles. The number of nitrogen functional groups attached to an aromatic ring is 1. The number of carbonyl (C=O) groups excluding carboxylic acids is 3. The Morgan fingerprint density at radius 1 is 1.11 bits per heavy atom. The van der Waals surface area contributed by atoms with Gasteiger partial charge in [0.1, 0.15) is 16.7 Å². The Morgan fingerprint density at radius 2 is 1.75 bits per heavy atom. The van der Waals surface area contributed by atoms with E-state index in [1.54, 1.807) is 31.4 Å². The van der Waals surface area contributed by atoms with Crippen LogP contribution in [0.25, 0.3) is 0 Å². The second-order valence-corrected chi connectivity index (χ2v) is 9.73. The minimum atomic E-state index is -1.01. The fourth-order valence-electron chi connectivity index (χ4n) is 3.57. The average molecular weight is 510 g/mol. The molecule has 0 aliphatic heterocycles. The second kappa shape index (κ2) is 11.2. The lowest BCUT2D eigenvalue weighted by Gasteiger charge is -2.34. The number of hydrogen-bond donors (Lipinski definition) is 3. The summed E-state index contributed by atoms with van der Waals surface area (Å²) in [5.41, 5.74) is 12.1. The summed E-state index contributed by atoms with van der Waals surface area (Å²) in [6.45, 7) is 5.91. The number of rotatable bonds is 10. The molecule has 1 atom stereocenters. The molecule has 0 radical (unpaired) electrons. The van der Waals surface area contributed by atoms with Crippen molar-refractivity contribution in [3.05, 3.63) is 76.3 Å². The number of nitrogens with one attached hydrogen (secondary N) is 1. The molecule has 3 rings (SSSR count). The van der Waals surface area contributed by atoms with Gasteiger partial charge in [0.25, 0.3) is 11.8 Å². The highest BCUT2D eigenvalue weighted by atomic mass is 32.1. The fraction of sp³-hybridized carbons (Fsp3) is 0.308. The molecule has 0 saturated carbocycles. The summed E-state index contributed by atoms with van der Waals surface area (Å²) in [6, 6.07) is 15.3. The largest absolute Gasteiger partial charge is 0.497 e. The van der Waals surface area contributed by atoms with Crippen LogP contribution in [0.3, 0.4) is 0 Å². The van der Waals surface area contributed by atoms with E-state index >= 15 is 0 Å². The monoisotopic (exact) mass is 509 g/mol. The van der Waals surface area contributed by atoms with E-state index < -0.39 is 23.4 Å². The molecule has 36 heavy (non-hydrogen) atoms. The van der Waals surface area contributed by atoms with E-state index in [-0.39, 0.29) is 28.7 Å². The van der Waals surface area contributed by atoms with Gasteiger partial charge in [-0.15, -0.1) is 0 Å². The van der Waals surface area contributed by atoms with Crippen LogP contribution in [0.2, 0.25) is 0 Å². The van der Waals surface area contributed by atoms with Crippen LogP contribution in [0.5, 0.6) is 5.75 Å². The van der Waals surface area contributed by atoms with Gasteiger partial charge in [0.2, 0.25) is 5.91 Å². The van der Waals surface area contributed by atoms with Crippen LogP contribution in [-0.4, -0.2) is 39.6 Å². The van der Waals surface area contributed by atoms with Crippen molar-refractivity contribution in [2.24, 2.45) is 5.73 Å². The molecule has 3 amide bonds. The number of hydrogen-bond acceptors (Lipinski definition) is 7. The molecule has 0 bridgehead atoms. The SMILES string of the molecule is CCC(C)(C)NC(=O)[C@@H](c1ccc(OC)cc1)N(Cc1ccccc1)C(=O)c1snc(C(N)=O)c1N. The number of carbonyl (C=O) groups is 3. The summed E-state index contributed by atoms with van der Waals surface area (Å²) in [4.78, 5) is 40.9. The number of nitrogens with two attached hydrogens (primary N) is 2. The third-order valence-corrected chi connectivity index (χ3v) is 6.80. The van der Waals surface area contributed by atoms with E-state index in [0.717, 1.165) is 17.1 Å². The van der Waals surface area contributed by atoms with Crippen LogP contribution >= 0.6 is 11.5 Å². The third kappa shape index (κ3) is 6.01. The molecule has 5 N–H and O–H groups in total. The van der Waals surface area contributed by atoms with E-state index in [9.17, 15) is 14.4 Å². The number of nitrogens with zero attached hydrogens (tertiary/aromatic N) is 2. The number of primary amides is 1. The van der Waals surface area contributed by atoms with E-state index in [4.69, 9.17) is 16.2 Å². The first-order valence-corrected chi connectivity index (χ1v) is 12.2. The molecule has 0 fully saturated rings. The van der Waals surface area contributed by atoms with E-state index in [0.29, 0.717) is 17.7 Å². The molecule has 2 aromatic carbocycles. The maximum atomic E-state index is 13.9. The summed E-state index contributed by atoms with van der Waals surface area (Å²) in [6.07, 6.45) is 0.685. The molecule has 0 aliphatic rings. The Bertz CT molecular complexity index is 1220. The van der Waals surface area contributed by atoms with Gasteiger partial charge >= 0.3 is 0 Å². The Balaban J connectivity index is 2.15. The van der Waals surface area contributed by atoms with Crippen LogP contribution < -0.4 is 21.5 Å². The number of ether oxygens (including phenoxy) is 1. The highest BCUT2D eigenvalue weighted by Crippen LogP contribution is 2.31. The van der Waals surface area contributed by atoms with Gasteiger partial charge in [-0.25, -0.2) is 0 Å². The Morgan fingerprint density at radius 3 is 2.28 bits per heavy atom. The zero-order valence-electron chi connectivity index (χ0n) is 20.8. The van der Waals surface area contributed by atoms with Gasteiger partial charge in [-0.3, -0.25) is 14.4 Å². The van der Waals surface area contributed by atoms with Crippen molar-refractivity contribution >= 4 is 34.9 Å². The Kier molecular flexibility index (Phi) is 8.31. The molecule has 9 nitrogen and oxygen atoms in total. The smallest absolute Gasteiger partial charge is 0.270 e. The van der Waals surface area contributed by atoms with Crippen LogP contribution in [0, 0.1) is 0 Å². The van der Waals surface area contributed by atoms with Crippen molar-refractivity contribution in [3.63, 3.8) is 0 Å². The Labute approximate surface area is 214 Å². The normalized spacial score (nSPS) is 12.0.